The number of amides is 1. The second kappa shape index (κ2) is 5.65. The minimum atomic E-state index is -0.943. The lowest BCUT2D eigenvalue weighted by molar-refractivity contribution is -0.153. The van der Waals surface area contributed by atoms with Crippen LogP contribution in [0.1, 0.15) is 31.9 Å². The highest BCUT2D eigenvalue weighted by Crippen LogP contribution is 2.31. The molecule has 0 bridgehead atoms. The quantitative estimate of drug-likeness (QED) is 0.853. The van der Waals surface area contributed by atoms with Crippen LogP contribution in [0.2, 0.25) is 0 Å². The molecule has 0 spiro atoms. The summed E-state index contributed by atoms with van der Waals surface area (Å²) in [6, 6.07) is 7.89. The number of carbonyl (C=O) groups is 2. The number of nitrogens with one attached hydrogen (secondary N) is 1. The third kappa shape index (κ3) is 2.69. The lowest BCUT2D eigenvalue weighted by Crippen LogP contribution is -2.57. The van der Waals surface area contributed by atoms with Crippen LogP contribution in [0.15, 0.2) is 24.3 Å². The Kier molecular flexibility index (Phi) is 4.12. The topological polar surface area (TPSA) is 55.4 Å². The Bertz CT molecular complexity index is 497. The van der Waals surface area contributed by atoms with Crippen molar-refractivity contribution in [3.8, 4) is 0 Å². The Hall–Kier alpha value is -1.84. The van der Waals surface area contributed by atoms with Crippen LogP contribution in [0.25, 0.3) is 0 Å². The number of hydrogen-bond acceptors (Lipinski definition) is 3. The van der Waals surface area contributed by atoms with Gasteiger partial charge in [0.05, 0.1) is 6.61 Å². The molecule has 1 N–H and O–H groups in total. The first-order chi connectivity index (χ1) is 9.48. The molecule has 0 fully saturated rings. The molecule has 0 radical (unpaired) electrons. The molecule has 108 valence electrons. The van der Waals surface area contributed by atoms with Gasteiger partial charge in [-0.05, 0) is 18.1 Å². The number of benzene rings is 1. The molecule has 0 saturated carbocycles. The summed E-state index contributed by atoms with van der Waals surface area (Å²) in [6.45, 7) is 5.72. The van der Waals surface area contributed by atoms with Gasteiger partial charge in [0.2, 0.25) is 5.91 Å². The minimum absolute atomic E-state index is 0.120. The monoisotopic (exact) mass is 275 g/mol. The normalized spacial score (nSPS) is 15.8. The minimum Gasteiger partial charge on any atom is -0.464 e. The van der Waals surface area contributed by atoms with E-state index in [1.807, 2.05) is 38.1 Å². The lowest BCUT2D eigenvalue weighted by atomic mass is 9.94. The summed E-state index contributed by atoms with van der Waals surface area (Å²) < 4.78 is 5.19. The van der Waals surface area contributed by atoms with Crippen molar-refractivity contribution in [3.05, 3.63) is 35.4 Å². The van der Waals surface area contributed by atoms with E-state index in [4.69, 9.17) is 4.74 Å². The maximum atomic E-state index is 12.4. The average molecular weight is 275 g/mol. The first-order valence-electron chi connectivity index (χ1n) is 7.04. The van der Waals surface area contributed by atoms with Crippen molar-refractivity contribution in [1.82, 2.24) is 5.32 Å². The summed E-state index contributed by atoms with van der Waals surface area (Å²) in [5.74, 6) is -0.624. The first kappa shape index (κ1) is 14.6. The smallest absolute Gasteiger partial charge is 0.332 e. The summed E-state index contributed by atoms with van der Waals surface area (Å²) >= 11 is 0. The van der Waals surface area contributed by atoms with Crippen molar-refractivity contribution in [2.24, 2.45) is 5.92 Å². The second-order valence-corrected chi connectivity index (χ2v) is 5.57. The number of carbonyl (C=O) groups excluding carboxylic acids is 2. The molecule has 1 aromatic rings. The van der Waals surface area contributed by atoms with Gasteiger partial charge in [-0.3, -0.25) is 4.79 Å². The molecule has 4 nitrogen and oxygen atoms in total. The van der Waals surface area contributed by atoms with Crippen LogP contribution < -0.4 is 5.32 Å². The van der Waals surface area contributed by atoms with Crippen molar-refractivity contribution in [2.45, 2.75) is 39.2 Å². The Morgan fingerprint density at radius 1 is 1.25 bits per heavy atom. The SMILES string of the molecule is CCOC(=O)C1(NC(=O)C(C)C)Cc2ccccc2C1. The molecule has 1 aliphatic carbocycles. The fourth-order valence-electron chi connectivity index (χ4n) is 2.55. The molecule has 20 heavy (non-hydrogen) atoms. The van der Waals surface area contributed by atoms with E-state index >= 15 is 0 Å². The average Bonchev–Trinajstić information content (AvgIpc) is 2.78. The zero-order valence-corrected chi connectivity index (χ0v) is 12.2. The van der Waals surface area contributed by atoms with Crippen LogP contribution >= 0.6 is 0 Å². The molecule has 1 aromatic carbocycles. The van der Waals surface area contributed by atoms with Gasteiger partial charge in [0.1, 0.15) is 5.54 Å². The number of rotatable bonds is 4. The Morgan fingerprint density at radius 2 is 1.80 bits per heavy atom. The molecule has 0 aromatic heterocycles. The Labute approximate surface area is 119 Å². The third-order valence-corrected chi connectivity index (χ3v) is 3.66. The molecule has 0 aliphatic heterocycles. The Balaban J connectivity index is 2.28. The zero-order chi connectivity index (χ0) is 14.8. The van der Waals surface area contributed by atoms with Gasteiger partial charge in [-0.2, -0.15) is 0 Å². The summed E-state index contributed by atoms with van der Waals surface area (Å²) in [4.78, 5) is 24.4. The largest absolute Gasteiger partial charge is 0.464 e. The molecule has 0 heterocycles. The first-order valence-corrected chi connectivity index (χ1v) is 7.04. The van der Waals surface area contributed by atoms with Gasteiger partial charge >= 0.3 is 5.97 Å². The standard InChI is InChI=1S/C16H21NO3/c1-4-20-15(19)16(17-14(18)11(2)3)9-12-7-5-6-8-13(12)10-16/h5-8,11H,4,9-10H2,1-3H3,(H,17,18). The fraction of sp³-hybridized carbons (Fsp3) is 0.500. The third-order valence-electron chi connectivity index (χ3n) is 3.66. The van der Waals surface area contributed by atoms with E-state index in [2.05, 4.69) is 5.32 Å². The molecule has 0 unspecified atom stereocenters. The maximum absolute atomic E-state index is 12.4. The van der Waals surface area contributed by atoms with Crippen LogP contribution in [-0.2, 0) is 27.2 Å². The van der Waals surface area contributed by atoms with Crippen LogP contribution in [0.4, 0.5) is 0 Å². The fourth-order valence-corrected chi connectivity index (χ4v) is 2.55. The van der Waals surface area contributed by atoms with Crippen molar-refractivity contribution in [1.29, 1.82) is 0 Å². The lowest BCUT2D eigenvalue weighted by Gasteiger charge is -2.28. The molecule has 4 heteroatoms. The van der Waals surface area contributed by atoms with E-state index < -0.39 is 5.54 Å². The molecule has 1 aliphatic rings. The number of esters is 1. The van der Waals surface area contributed by atoms with E-state index in [0.717, 1.165) is 11.1 Å². The number of ether oxygens (including phenoxy) is 1. The molecule has 0 saturated heterocycles. The van der Waals surface area contributed by atoms with E-state index in [1.165, 1.54) is 0 Å². The van der Waals surface area contributed by atoms with E-state index in [0.29, 0.717) is 19.4 Å². The number of hydrogen-bond donors (Lipinski definition) is 1. The van der Waals surface area contributed by atoms with Gasteiger partial charge in [-0.1, -0.05) is 38.1 Å². The molecule has 2 rings (SSSR count). The van der Waals surface area contributed by atoms with Gasteiger partial charge < -0.3 is 10.1 Å². The molecule has 0 atom stereocenters. The van der Waals surface area contributed by atoms with Crippen LogP contribution in [-0.4, -0.2) is 24.0 Å². The summed E-state index contributed by atoms with van der Waals surface area (Å²) in [6.07, 6.45) is 1.00. The molecular weight excluding hydrogens is 254 g/mol. The van der Waals surface area contributed by atoms with Gasteiger partial charge in [0.25, 0.3) is 0 Å². The zero-order valence-electron chi connectivity index (χ0n) is 12.2. The van der Waals surface area contributed by atoms with Gasteiger partial charge in [-0.15, -0.1) is 0 Å². The second-order valence-electron chi connectivity index (χ2n) is 5.57. The van der Waals surface area contributed by atoms with Crippen LogP contribution in [0.5, 0.6) is 0 Å². The van der Waals surface area contributed by atoms with Crippen LogP contribution in [0, 0.1) is 5.92 Å². The van der Waals surface area contributed by atoms with Crippen LogP contribution in [0.3, 0.4) is 0 Å². The summed E-state index contributed by atoms with van der Waals surface area (Å²) in [5, 5.41) is 2.91. The highest BCUT2D eigenvalue weighted by molar-refractivity contribution is 5.90. The van der Waals surface area contributed by atoms with Crippen molar-refractivity contribution < 1.29 is 14.3 Å². The highest BCUT2D eigenvalue weighted by Gasteiger charge is 2.46. The van der Waals surface area contributed by atoms with Gasteiger partial charge in [0, 0.05) is 18.8 Å². The summed E-state index contributed by atoms with van der Waals surface area (Å²) in [5.41, 5.74) is 1.26. The highest BCUT2D eigenvalue weighted by atomic mass is 16.5. The number of fused-ring (bicyclic) bond motifs is 1. The Morgan fingerprint density at radius 3 is 2.25 bits per heavy atom. The van der Waals surface area contributed by atoms with Gasteiger partial charge in [-0.25, -0.2) is 4.79 Å². The van der Waals surface area contributed by atoms with E-state index in [-0.39, 0.29) is 17.8 Å². The van der Waals surface area contributed by atoms with Crippen molar-refractivity contribution in [3.63, 3.8) is 0 Å². The predicted molar refractivity (Wildman–Crippen MR) is 76.2 cm³/mol. The van der Waals surface area contributed by atoms with Gasteiger partial charge in [0.15, 0.2) is 0 Å². The van der Waals surface area contributed by atoms with Crippen molar-refractivity contribution in [2.75, 3.05) is 6.61 Å². The van der Waals surface area contributed by atoms with E-state index in [9.17, 15) is 9.59 Å². The maximum Gasteiger partial charge on any atom is 0.332 e. The molecular formula is C16H21NO3. The summed E-state index contributed by atoms with van der Waals surface area (Å²) in [7, 11) is 0. The van der Waals surface area contributed by atoms with Crippen molar-refractivity contribution >= 4 is 11.9 Å². The molecule has 1 amide bonds. The van der Waals surface area contributed by atoms with E-state index in [1.54, 1.807) is 6.92 Å². The predicted octanol–water partition coefficient (Wildman–Crippen LogP) is 1.86.